The number of carbonyl (C=O) groups is 1. The summed E-state index contributed by atoms with van der Waals surface area (Å²) in [5.41, 5.74) is 1.20. The molecule has 0 spiro atoms. The first kappa shape index (κ1) is 9.98. The van der Waals surface area contributed by atoms with E-state index in [1.54, 1.807) is 11.3 Å². The summed E-state index contributed by atoms with van der Waals surface area (Å²) in [7, 11) is 0. The van der Waals surface area contributed by atoms with Crippen LogP contribution in [0.3, 0.4) is 0 Å². The number of nitrogens with zero attached hydrogens (tertiary/aromatic N) is 1. The van der Waals surface area contributed by atoms with Gasteiger partial charge >= 0.3 is 5.97 Å². The second-order valence-electron chi connectivity index (χ2n) is 3.41. The van der Waals surface area contributed by atoms with Gasteiger partial charge in [0.25, 0.3) is 0 Å². The topological polar surface area (TPSA) is 50.2 Å². The molecule has 5 heteroatoms. The summed E-state index contributed by atoms with van der Waals surface area (Å²) in [5, 5.41) is 8.53. The SMILES string of the molecule is CC1CCc2sc(SCC(=O)O)nc21. The Morgan fingerprint density at radius 3 is 3.21 bits per heavy atom. The van der Waals surface area contributed by atoms with Gasteiger partial charge in [0.1, 0.15) is 0 Å². The number of carboxylic acid groups (broad SMARTS) is 1. The number of fused-ring (bicyclic) bond motifs is 1. The van der Waals surface area contributed by atoms with Gasteiger partial charge in [-0.3, -0.25) is 4.79 Å². The predicted molar refractivity (Wildman–Crippen MR) is 57.2 cm³/mol. The van der Waals surface area contributed by atoms with Crippen LogP contribution < -0.4 is 0 Å². The highest BCUT2D eigenvalue weighted by Gasteiger charge is 2.23. The standard InChI is InChI=1S/C9H11NO2S2/c1-5-2-3-6-8(5)10-9(14-6)13-4-7(11)12/h5H,2-4H2,1H3,(H,11,12). The minimum absolute atomic E-state index is 0.112. The number of aryl methyl sites for hydroxylation is 1. The van der Waals surface area contributed by atoms with Crippen molar-refractivity contribution in [1.29, 1.82) is 0 Å². The van der Waals surface area contributed by atoms with Crippen molar-refractivity contribution in [2.75, 3.05) is 5.75 Å². The van der Waals surface area contributed by atoms with E-state index in [1.165, 1.54) is 28.8 Å². The molecule has 0 amide bonds. The molecule has 1 atom stereocenters. The first-order valence-electron chi connectivity index (χ1n) is 4.51. The van der Waals surface area contributed by atoms with Crippen LogP contribution in [0.2, 0.25) is 0 Å². The van der Waals surface area contributed by atoms with Crippen molar-refractivity contribution in [3.8, 4) is 0 Å². The fourth-order valence-electron chi connectivity index (χ4n) is 1.57. The van der Waals surface area contributed by atoms with Gasteiger partial charge in [-0.25, -0.2) is 4.98 Å². The van der Waals surface area contributed by atoms with E-state index in [-0.39, 0.29) is 5.75 Å². The summed E-state index contributed by atoms with van der Waals surface area (Å²) >= 11 is 2.98. The molecule has 3 nitrogen and oxygen atoms in total. The lowest BCUT2D eigenvalue weighted by molar-refractivity contribution is -0.133. The summed E-state index contributed by atoms with van der Waals surface area (Å²) in [6.45, 7) is 2.18. The Morgan fingerprint density at radius 2 is 2.57 bits per heavy atom. The highest BCUT2D eigenvalue weighted by atomic mass is 32.2. The molecule has 1 aromatic heterocycles. The number of thiazole rings is 1. The highest BCUT2D eigenvalue weighted by molar-refractivity contribution is 8.01. The van der Waals surface area contributed by atoms with Gasteiger partial charge < -0.3 is 5.11 Å². The Kier molecular flexibility index (Phi) is 2.78. The maximum atomic E-state index is 10.4. The van der Waals surface area contributed by atoms with Gasteiger partial charge in [-0.05, 0) is 18.8 Å². The van der Waals surface area contributed by atoms with Crippen LogP contribution in [0.25, 0.3) is 0 Å². The Bertz CT molecular complexity index is 362. The molecule has 1 aliphatic rings. The van der Waals surface area contributed by atoms with Crippen LogP contribution in [0, 0.1) is 0 Å². The van der Waals surface area contributed by atoms with Crippen molar-refractivity contribution >= 4 is 29.1 Å². The Balaban J connectivity index is 2.07. The van der Waals surface area contributed by atoms with Gasteiger partial charge in [0.15, 0.2) is 4.34 Å². The van der Waals surface area contributed by atoms with Gasteiger partial charge in [0.05, 0.1) is 11.4 Å². The van der Waals surface area contributed by atoms with Crippen molar-refractivity contribution in [3.05, 3.63) is 10.6 Å². The van der Waals surface area contributed by atoms with E-state index >= 15 is 0 Å². The van der Waals surface area contributed by atoms with Crippen molar-refractivity contribution < 1.29 is 9.90 Å². The summed E-state index contributed by atoms with van der Waals surface area (Å²) in [4.78, 5) is 16.2. The van der Waals surface area contributed by atoms with Crippen LogP contribution >= 0.6 is 23.1 Å². The average molecular weight is 229 g/mol. The number of aliphatic carboxylic acids is 1. The number of carboxylic acids is 1. The fourth-order valence-corrected chi connectivity index (χ4v) is 3.63. The van der Waals surface area contributed by atoms with E-state index < -0.39 is 5.97 Å². The van der Waals surface area contributed by atoms with E-state index in [0.717, 1.165) is 10.8 Å². The van der Waals surface area contributed by atoms with Gasteiger partial charge in [-0.1, -0.05) is 18.7 Å². The molecule has 0 saturated heterocycles. The van der Waals surface area contributed by atoms with Gasteiger partial charge in [-0.15, -0.1) is 11.3 Å². The quantitative estimate of drug-likeness (QED) is 0.808. The van der Waals surface area contributed by atoms with E-state index in [4.69, 9.17) is 5.11 Å². The van der Waals surface area contributed by atoms with E-state index in [2.05, 4.69) is 11.9 Å². The summed E-state index contributed by atoms with van der Waals surface area (Å²) < 4.78 is 0.906. The zero-order valence-corrected chi connectivity index (χ0v) is 9.45. The molecule has 1 aliphatic carbocycles. The molecule has 14 heavy (non-hydrogen) atoms. The molecular formula is C9H11NO2S2. The zero-order valence-electron chi connectivity index (χ0n) is 7.82. The first-order valence-corrected chi connectivity index (χ1v) is 6.31. The van der Waals surface area contributed by atoms with Crippen LogP contribution in [0.4, 0.5) is 0 Å². The van der Waals surface area contributed by atoms with Crippen LogP contribution in [0.5, 0.6) is 0 Å². The number of hydrogen-bond acceptors (Lipinski definition) is 4. The van der Waals surface area contributed by atoms with Gasteiger partial charge in [0, 0.05) is 4.88 Å². The van der Waals surface area contributed by atoms with Gasteiger partial charge in [0.2, 0.25) is 0 Å². The molecule has 1 aromatic rings. The normalized spacial score (nSPS) is 19.6. The molecule has 1 unspecified atom stereocenters. The first-order chi connectivity index (χ1) is 6.66. The number of hydrogen-bond donors (Lipinski definition) is 1. The third-order valence-corrected chi connectivity index (χ3v) is 4.56. The lowest BCUT2D eigenvalue weighted by Crippen LogP contribution is -1.97. The molecule has 2 rings (SSSR count). The smallest absolute Gasteiger partial charge is 0.313 e. The number of rotatable bonds is 3. The largest absolute Gasteiger partial charge is 0.481 e. The predicted octanol–water partition coefficient (Wildman–Crippen LogP) is 2.37. The lowest BCUT2D eigenvalue weighted by Gasteiger charge is -1.97. The summed E-state index contributed by atoms with van der Waals surface area (Å²) in [6, 6.07) is 0. The molecule has 0 aliphatic heterocycles. The molecule has 0 bridgehead atoms. The Hall–Kier alpha value is -0.550. The van der Waals surface area contributed by atoms with Crippen molar-refractivity contribution in [3.63, 3.8) is 0 Å². The molecule has 0 fully saturated rings. The molecular weight excluding hydrogens is 218 g/mol. The van der Waals surface area contributed by atoms with E-state index in [1.807, 2.05) is 0 Å². The summed E-state index contributed by atoms with van der Waals surface area (Å²) in [5.74, 6) is -0.111. The maximum absolute atomic E-state index is 10.4. The Labute approximate surface area is 90.6 Å². The zero-order chi connectivity index (χ0) is 10.1. The summed E-state index contributed by atoms with van der Waals surface area (Å²) in [6.07, 6.45) is 2.31. The molecule has 76 valence electrons. The average Bonchev–Trinajstić information content (AvgIpc) is 2.65. The monoisotopic (exact) mass is 229 g/mol. The van der Waals surface area contributed by atoms with Crippen LogP contribution in [-0.4, -0.2) is 21.8 Å². The van der Waals surface area contributed by atoms with E-state index in [0.29, 0.717) is 5.92 Å². The van der Waals surface area contributed by atoms with Gasteiger partial charge in [-0.2, -0.15) is 0 Å². The van der Waals surface area contributed by atoms with Crippen molar-refractivity contribution in [2.45, 2.75) is 30.0 Å². The second kappa shape index (κ2) is 3.90. The van der Waals surface area contributed by atoms with E-state index in [9.17, 15) is 4.79 Å². The third-order valence-electron chi connectivity index (χ3n) is 2.30. The third kappa shape index (κ3) is 1.93. The molecule has 1 N–H and O–H groups in total. The van der Waals surface area contributed by atoms with Crippen LogP contribution in [0.1, 0.15) is 29.8 Å². The molecule has 1 heterocycles. The molecule has 0 radical (unpaired) electrons. The molecule has 0 saturated carbocycles. The van der Waals surface area contributed by atoms with Crippen LogP contribution in [-0.2, 0) is 11.2 Å². The maximum Gasteiger partial charge on any atom is 0.313 e. The lowest BCUT2D eigenvalue weighted by atomic mass is 10.1. The van der Waals surface area contributed by atoms with Crippen LogP contribution in [0.15, 0.2) is 4.34 Å². The fraction of sp³-hybridized carbons (Fsp3) is 0.556. The number of aromatic nitrogens is 1. The highest BCUT2D eigenvalue weighted by Crippen LogP contribution is 2.38. The van der Waals surface area contributed by atoms with Crippen molar-refractivity contribution in [2.24, 2.45) is 0 Å². The molecule has 0 aromatic carbocycles. The Morgan fingerprint density at radius 1 is 1.79 bits per heavy atom. The minimum atomic E-state index is -0.779. The minimum Gasteiger partial charge on any atom is -0.481 e. The second-order valence-corrected chi connectivity index (χ2v) is 5.72. The van der Waals surface area contributed by atoms with Crippen molar-refractivity contribution in [1.82, 2.24) is 4.98 Å². The number of thioether (sulfide) groups is 1.